The molecule has 0 aromatic heterocycles. The molecule has 0 aromatic carbocycles. The van der Waals surface area contributed by atoms with Gasteiger partial charge in [-0.05, 0) is 31.6 Å². The zero-order chi connectivity index (χ0) is 9.80. The van der Waals surface area contributed by atoms with E-state index in [2.05, 4.69) is 12.2 Å². The minimum Gasteiger partial charge on any atom is -0.311 e. The monoisotopic (exact) mass is 231 g/mol. The van der Waals surface area contributed by atoms with E-state index in [1.54, 1.807) is 0 Å². The van der Waals surface area contributed by atoms with Gasteiger partial charge in [0.1, 0.15) is 0 Å². The summed E-state index contributed by atoms with van der Waals surface area (Å²) in [5, 5.41) is 3.87. The SMILES string of the molecule is CCCC1CC1NC1CCCCCC1.Cl. The van der Waals surface area contributed by atoms with Gasteiger partial charge in [-0.1, -0.05) is 39.0 Å². The van der Waals surface area contributed by atoms with Gasteiger partial charge in [-0.15, -0.1) is 12.4 Å². The van der Waals surface area contributed by atoms with Gasteiger partial charge in [-0.25, -0.2) is 0 Å². The molecule has 2 heteroatoms. The van der Waals surface area contributed by atoms with Crippen molar-refractivity contribution >= 4 is 12.4 Å². The summed E-state index contributed by atoms with van der Waals surface area (Å²) in [5.41, 5.74) is 0. The van der Waals surface area contributed by atoms with Gasteiger partial charge in [-0.2, -0.15) is 0 Å². The summed E-state index contributed by atoms with van der Waals surface area (Å²) in [6.07, 6.45) is 13.0. The van der Waals surface area contributed by atoms with Crippen LogP contribution in [0, 0.1) is 5.92 Å². The van der Waals surface area contributed by atoms with Gasteiger partial charge < -0.3 is 5.32 Å². The van der Waals surface area contributed by atoms with Crippen LogP contribution in [0.4, 0.5) is 0 Å². The van der Waals surface area contributed by atoms with Crippen LogP contribution in [-0.4, -0.2) is 12.1 Å². The van der Waals surface area contributed by atoms with Gasteiger partial charge in [0.05, 0.1) is 0 Å². The van der Waals surface area contributed by atoms with Gasteiger partial charge in [0.15, 0.2) is 0 Å². The van der Waals surface area contributed by atoms with Crippen LogP contribution >= 0.6 is 12.4 Å². The standard InChI is InChI=1S/C13H25N.ClH/c1-2-7-11-10-13(11)14-12-8-5-3-4-6-9-12;/h11-14H,2-10H2,1H3;1H. The molecule has 0 spiro atoms. The van der Waals surface area contributed by atoms with Crippen molar-refractivity contribution in [3.05, 3.63) is 0 Å². The van der Waals surface area contributed by atoms with Crippen molar-refractivity contribution in [3.63, 3.8) is 0 Å². The van der Waals surface area contributed by atoms with Gasteiger partial charge in [-0.3, -0.25) is 0 Å². The van der Waals surface area contributed by atoms with Gasteiger partial charge in [0, 0.05) is 12.1 Å². The van der Waals surface area contributed by atoms with E-state index in [9.17, 15) is 0 Å². The summed E-state index contributed by atoms with van der Waals surface area (Å²) in [5.74, 6) is 1.03. The minimum absolute atomic E-state index is 0. The van der Waals surface area contributed by atoms with E-state index in [1.807, 2.05) is 0 Å². The zero-order valence-corrected chi connectivity index (χ0v) is 10.8. The fraction of sp³-hybridized carbons (Fsp3) is 1.00. The largest absolute Gasteiger partial charge is 0.311 e. The average Bonchev–Trinajstić information content (AvgIpc) is 2.93. The Bertz CT molecular complexity index is 164. The third-order valence-corrected chi connectivity index (χ3v) is 3.89. The lowest BCUT2D eigenvalue weighted by Crippen LogP contribution is -2.31. The summed E-state index contributed by atoms with van der Waals surface area (Å²) in [4.78, 5) is 0. The zero-order valence-electron chi connectivity index (χ0n) is 10.0. The summed E-state index contributed by atoms with van der Waals surface area (Å²) >= 11 is 0. The van der Waals surface area contributed by atoms with Crippen LogP contribution in [0.25, 0.3) is 0 Å². The van der Waals surface area contributed by atoms with Crippen LogP contribution in [0.1, 0.15) is 64.7 Å². The fourth-order valence-corrected chi connectivity index (χ4v) is 2.89. The van der Waals surface area contributed by atoms with Crippen LogP contribution < -0.4 is 5.32 Å². The molecule has 0 radical (unpaired) electrons. The van der Waals surface area contributed by atoms with Crippen molar-refractivity contribution in [2.24, 2.45) is 5.92 Å². The highest BCUT2D eigenvalue weighted by Crippen LogP contribution is 2.35. The molecular formula is C13H26ClN. The molecule has 0 amide bonds. The van der Waals surface area contributed by atoms with Gasteiger partial charge in [0.25, 0.3) is 0 Å². The van der Waals surface area contributed by atoms with E-state index < -0.39 is 0 Å². The van der Waals surface area contributed by atoms with Crippen molar-refractivity contribution < 1.29 is 0 Å². The Balaban J connectivity index is 0.00000112. The van der Waals surface area contributed by atoms with Crippen LogP contribution in [-0.2, 0) is 0 Å². The molecular weight excluding hydrogens is 206 g/mol. The summed E-state index contributed by atoms with van der Waals surface area (Å²) in [6.45, 7) is 2.31. The predicted octanol–water partition coefficient (Wildman–Crippen LogP) is 3.91. The first-order chi connectivity index (χ1) is 6.90. The summed E-state index contributed by atoms with van der Waals surface area (Å²) in [7, 11) is 0. The molecule has 0 aliphatic heterocycles. The lowest BCUT2D eigenvalue weighted by atomic mass is 10.1. The maximum absolute atomic E-state index is 3.87. The van der Waals surface area contributed by atoms with Crippen molar-refractivity contribution in [1.82, 2.24) is 5.32 Å². The topological polar surface area (TPSA) is 12.0 Å². The lowest BCUT2D eigenvalue weighted by molar-refractivity contribution is 0.441. The highest BCUT2D eigenvalue weighted by atomic mass is 35.5. The molecule has 1 N–H and O–H groups in total. The second-order valence-corrected chi connectivity index (χ2v) is 5.25. The third-order valence-electron chi connectivity index (χ3n) is 3.89. The van der Waals surface area contributed by atoms with E-state index in [1.165, 1.54) is 57.8 Å². The first-order valence-electron chi connectivity index (χ1n) is 6.66. The smallest absolute Gasteiger partial charge is 0.0102 e. The third kappa shape index (κ3) is 4.32. The Hall–Kier alpha value is 0.250. The Morgan fingerprint density at radius 1 is 1.07 bits per heavy atom. The normalized spacial score (nSPS) is 31.8. The summed E-state index contributed by atoms with van der Waals surface area (Å²) in [6, 6.07) is 1.77. The molecule has 1 nitrogen and oxygen atoms in total. The van der Waals surface area contributed by atoms with Crippen LogP contribution in [0.5, 0.6) is 0 Å². The molecule has 2 fully saturated rings. The molecule has 0 aromatic rings. The van der Waals surface area contributed by atoms with Gasteiger partial charge in [0.2, 0.25) is 0 Å². The minimum atomic E-state index is 0. The second-order valence-electron chi connectivity index (χ2n) is 5.25. The Morgan fingerprint density at radius 3 is 2.33 bits per heavy atom. The first kappa shape index (κ1) is 13.3. The van der Waals surface area contributed by atoms with E-state index in [0.29, 0.717) is 0 Å². The molecule has 0 bridgehead atoms. The highest BCUT2D eigenvalue weighted by Gasteiger charge is 2.36. The van der Waals surface area contributed by atoms with Gasteiger partial charge >= 0.3 is 0 Å². The van der Waals surface area contributed by atoms with Crippen LogP contribution in [0.3, 0.4) is 0 Å². The Morgan fingerprint density at radius 2 is 1.73 bits per heavy atom. The maximum atomic E-state index is 3.87. The number of hydrogen-bond acceptors (Lipinski definition) is 1. The Labute approximate surface area is 101 Å². The molecule has 0 heterocycles. The van der Waals surface area contributed by atoms with E-state index >= 15 is 0 Å². The molecule has 2 aliphatic rings. The number of hydrogen-bond donors (Lipinski definition) is 1. The predicted molar refractivity (Wildman–Crippen MR) is 68.7 cm³/mol. The molecule has 2 unspecified atom stereocenters. The molecule has 15 heavy (non-hydrogen) atoms. The number of halogens is 1. The summed E-state index contributed by atoms with van der Waals surface area (Å²) < 4.78 is 0. The number of nitrogens with one attached hydrogen (secondary N) is 1. The van der Waals surface area contributed by atoms with E-state index in [-0.39, 0.29) is 12.4 Å². The average molecular weight is 232 g/mol. The first-order valence-corrected chi connectivity index (χ1v) is 6.66. The van der Waals surface area contributed by atoms with Crippen LogP contribution in [0.15, 0.2) is 0 Å². The lowest BCUT2D eigenvalue weighted by Gasteiger charge is -2.16. The molecule has 2 atom stereocenters. The van der Waals surface area contributed by atoms with Crippen molar-refractivity contribution in [2.45, 2.75) is 76.8 Å². The quantitative estimate of drug-likeness (QED) is 0.724. The van der Waals surface area contributed by atoms with Crippen LogP contribution in [0.2, 0.25) is 0 Å². The highest BCUT2D eigenvalue weighted by molar-refractivity contribution is 5.85. The van der Waals surface area contributed by atoms with Crippen molar-refractivity contribution in [2.75, 3.05) is 0 Å². The van der Waals surface area contributed by atoms with E-state index in [4.69, 9.17) is 0 Å². The molecule has 2 aliphatic carbocycles. The maximum Gasteiger partial charge on any atom is 0.0102 e. The fourth-order valence-electron chi connectivity index (χ4n) is 2.89. The number of rotatable bonds is 4. The Kier molecular flexibility index (Phi) is 5.99. The molecule has 90 valence electrons. The van der Waals surface area contributed by atoms with E-state index in [0.717, 1.165) is 18.0 Å². The molecule has 0 saturated heterocycles. The molecule has 2 rings (SSSR count). The second kappa shape index (κ2) is 6.75. The molecule has 2 saturated carbocycles. The van der Waals surface area contributed by atoms with Crippen molar-refractivity contribution in [1.29, 1.82) is 0 Å². The van der Waals surface area contributed by atoms with Crippen molar-refractivity contribution in [3.8, 4) is 0 Å².